The number of rotatable bonds is 5. The number of nitrogens with zero attached hydrogens (tertiary/aromatic N) is 3. The molecule has 6 heteroatoms. The molecule has 0 bridgehead atoms. The lowest BCUT2D eigenvalue weighted by Gasteiger charge is -2.38. The zero-order valence-electron chi connectivity index (χ0n) is 12.4. The molecule has 0 aliphatic carbocycles. The van der Waals surface area contributed by atoms with Crippen molar-refractivity contribution in [1.82, 2.24) is 14.9 Å². The van der Waals surface area contributed by atoms with E-state index in [4.69, 9.17) is 9.47 Å². The Morgan fingerprint density at radius 1 is 1.30 bits per heavy atom. The second-order valence-corrected chi connectivity index (χ2v) is 5.15. The number of methoxy groups -OCH3 is 2. The van der Waals surface area contributed by atoms with Crippen molar-refractivity contribution in [1.29, 1.82) is 0 Å². The number of hydrogen-bond acceptors (Lipinski definition) is 6. The monoisotopic (exact) mass is 281 g/mol. The molecule has 1 aromatic rings. The first-order valence-electron chi connectivity index (χ1n) is 7.03. The fourth-order valence-corrected chi connectivity index (χ4v) is 2.66. The van der Waals surface area contributed by atoms with Gasteiger partial charge in [0.2, 0.25) is 5.88 Å². The average Bonchev–Trinajstić information content (AvgIpc) is 2.49. The Hall–Kier alpha value is -1.40. The smallest absolute Gasteiger partial charge is 0.319 e. The number of piperidine rings is 1. The molecule has 2 rings (SSSR count). The first-order valence-corrected chi connectivity index (χ1v) is 7.03. The molecular formula is C14H23N3O3. The Morgan fingerprint density at radius 3 is 2.55 bits per heavy atom. The Balaban J connectivity index is 2.18. The van der Waals surface area contributed by atoms with E-state index in [1.54, 1.807) is 13.3 Å². The van der Waals surface area contributed by atoms with E-state index in [0.717, 1.165) is 26.1 Å². The van der Waals surface area contributed by atoms with Crippen molar-refractivity contribution in [2.75, 3.05) is 33.9 Å². The molecule has 0 radical (unpaired) electrons. The lowest BCUT2D eigenvalue weighted by Crippen LogP contribution is -2.43. The van der Waals surface area contributed by atoms with Gasteiger partial charge in [-0.1, -0.05) is 6.92 Å². The van der Waals surface area contributed by atoms with E-state index in [-0.39, 0.29) is 6.01 Å². The summed E-state index contributed by atoms with van der Waals surface area (Å²) in [5, 5.41) is 10.9. The molecule has 20 heavy (non-hydrogen) atoms. The second-order valence-electron chi connectivity index (χ2n) is 5.15. The fourth-order valence-electron chi connectivity index (χ4n) is 2.66. The van der Waals surface area contributed by atoms with Crippen molar-refractivity contribution in [2.24, 2.45) is 0 Å². The molecule has 1 fully saturated rings. The zero-order chi connectivity index (χ0) is 14.6. The quantitative estimate of drug-likeness (QED) is 0.874. The number of hydrogen-bond donors (Lipinski definition) is 1. The van der Waals surface area contributed by atoms with E-state index in [1.165, 1.54) is 7.11 Å². The van der Waals surface area contributed by atoms with Crippen LogP contribution in [0.2, 0.25) is 0 Å². The third-order valence-electron chi connectivity index (χ3n) is 3.83. The molecule has 112 valence electrons. The van der Waals surface area contributed by atoms with Gasteiger partial charge in [-0.05, 0) is 25.8 Å². The molecule has 1 aliphatic rings. The van der Waals surface area contributed by atoms with E-state index in [9.17, 15) is 5.11 Å². The van der Waals surface area contributed by atoms with Gasteiger partial charge in [0.1, 0.15) is 0 Å². The van der Waals surface area contributed by atoms with Crippen molar-refractivity contribution < 1.29 is 14.6 Å². The highest BCUT2D eigenvalue weighted by Crippen LogP contribution is 2.37. The summed E-state index contributed by atoms with van der Waals surface area (Å²) in [4.78, 5) is 10.6. The van der Waals surface area contributed by atoms with Crippen molar-refractivity contribution in [3.63, 3.8) is 0 Å². The highest BCUT2D eigenvalue weighted by molar-refractivity contribution is 5.31. The molecule has 2 heterocycles. The van der Waals surface area contributed by atoms with Gasteiger partial charge < -0.3 is 19.5 Å². The summed E-state index contributed by atoms with van der Waals surface area (Å²) in [6.45, 7) is 4.99. The Morgan fingerprint density at radius 2 is 2.00 bits per heavy atom. The molecule has 0 atom stereocenters. The summed E-state index contributed by atoms with van der Waals surface area (Å²) in [5.41, 5.74) is -0.265. The van der Waals surface area contributed by atoms with Crippen LogP contribution in [-0.2, 0) is 5.60 Å². The van der Waals surface area contributed by atoms with Crippen LogP contribution < -0.4 is 9.47 Å². The number of aliphatic hydroxyl groups is 1. The number of ether oxygens (including phenoxy) is 2. The lowest BCUT2D eigenvalue weighted by atomic mass is 9.85. The summed E-state index contributed by atoms with van der Waals surface area (Å²) < 4.78 is 10.3. The van der Waals surface area contributed by atoms with E-state index in [1.807, 2.05) is 0 Å². The summed E-state index contributed by atoms with van der Waals surface area (Å²) in [7, 11) is 3.05. The largest absolute Gasteiger partial charge is 0.481 e. The van der Waals surface area contributed by atoms with Gasteiger partial charge in [0, 0.05) is 19.3 Å². The lowest BCUT2D eigenvalue weighted by molar-refractivity contribution is -0.0281. The van der Waals surface area contributed by atoms with Gasteiger partial charge in [-0.2, -0.15) is 4.98 Å². The summed E-state index contributed by atoms with van der Waals surface area (Å²) in [5.74, 6) is 0.392. The molecule has 0 aromatic carbocycles. The van der Waals surface area contributed by atoms with Gasteiger partial charge in [0.25, 0.3) is 0 Å². The molecule has 6 nitrogen and oxygen atoms in total. The predicted molar refractivity (Wildman–Crippen MR) is 75.0 cm³/mol. The van der Waals surface area contributed by atoms with Gasteiger partial charge >= 0.3 is 6.01 Å². The standard InChI is InChI=1S/C14H23N3O3/c1-4-7-17-8-5-14(18,6-9-17)11-10-15-13(20-3)16-12(11)19-2/h10,18H,4-9H2,1-3H3. The summed E-state index contributed by atoms with van der Waals surface area (Å²) in [6.07, 6.45) is 4.08. The molecule has 1 N–H and O–H groups in total. The molecule has 0 spiro atoms. The first-order chi connectivity index (χ1) is 9.62. The van der Waals surface area contributed by atoms with Crippen molar-refractivity contribution in [3.05, 3.63) is 11.8 Å². The summed E-state index contributed by atoms with van der Waals surface area (Å²) in [6, 6.07) is 0.248. The highest BCUT2D eigenvalue weighted by atomic mass is 16.5. The van der Waals surface area contributed by atoms with Gasteiger partial charge in [-0.15, -0.1) is 0 Å². The molecule has 1 saturated heterocycles. The predicted octanol–water partition coefficient (Wildman–Crippen LogP) is 1.19. The molecule has 1 aliphatic heterocycles. The van der Waals surface area contributed by atoms with Crippen LogP contribution in [0, 0.1) is 0 Å². The van der Waals surface area contributed by atoms with E-state index >= 15 is 0 Å². The number of aromatic nitrogens is 2. The SMILES string of the molecule is CCCN1CCC(O)(c2cnc(OC)nc2OC)CC1. The van der Waals surface area contributed by atoms with Crippen molar-refractivity contribution >= 4 is 0 Å². The average molecular weight is 281 g/mol. The van der Waals surface area contributed by atoms with Gasteiger partial charge in [0.05, 0.1) is 25.4 Å². The van der Waals surface area contributed by atoms with Crippen LogP contribution >= 0.6 is 0 Å². The maximum Gasteiger partial charge on any atom is 0.319 e. The van der Waals surface area contributed by atoms with Crippen LogP contribution in [-0.4, -0.2) is 53.8 Å². The normalized spacial score (nSPS) is 18.8. The van der Waals surface area contributed by atoms with E-state index in [2.05, 4.69) is 21.8 Å². The Kier molecular flexibility index (Phi) is 4.77. The van der Waals surface area contributed by atoms with Crippen LogP contribution in [0.1, 0.15) is 31.7 Å². The first kappa shape index (κ1) is 15.0. The van der Waals surface area contributed by atoms with Gasteiger partial charge in [-0.3, -0.25) is 0 Å². The Bertz CT molecular complexity index is 445. The van der Waals surface area contributed by atoms with Crippen molar-refractivity contribution in [2.45, 2.75) is 31.8 Å². The molecule has 1 aromatic heterocycles. The third kappa shape index (κ3) is 3.02. The minimum absolute atomic E-state index is 0.248. The minimum atomic E-state index is -0.915. The number of likely N-dealkylation sites (tertiary alicyclic amines) is 1. The summed E-state index contributed by atoms with van der Waals surface area (Å²) >= 11 is 0. The zero-order valence-corrected chi connectivity index (χ0v) is 12.4. The molecular weight excluding hydrogens is 258 g/mol. The molecule has 0 saturated carbocycles. The van der Waals surface area contributed by atoms with Crippen LogP contribution in [0.4, 0.5) is 0 Å². The third-order valence-corrected chi connectivity index (χ3v) is 3.83. The molecule has 0 unspecified atom stereocenters. The van der Waals surface area contributed by atoms with Gasteiger partial charge in [0.15, 0.2) is 0 Å². The molecule has 0 amide bonds. The topological polar surface area (TPSA) is 67.7 Å². The van der Waals surface area contributed by atoms with Crippen LogP contribution in [0.5, 0.6) is 11.9 Å². The maximum atomic E-state index is 10.9. The van der Waals surface area contributed by atoms with Gasteiger partial charge in [-0.25, -0.2) is 4.98 Å². The minimum Gasteiger partial charge on any atom is -0.481 e. The second kappa shape index (κ2) is 6.37. The highest BCUT2D eigenvalue weighted by Gasteiger charge is 2.37. The van der Waals surface area contributed by atoms with Crippen LogP contribution in [0.15, 0.2) is 6.20 Å². The van der Waals surface area contributed by atoms with Crippen LogP contribution in [0.3, 0.4) is 0 Å². The fraction of sp³-hybridized carbons (Fsp3) is 0.714. The Labute approximate surface area is 119 Å². The maximum absolute atomic E-state index is 10.9. The van der Waals surface area contributed by atoms with E-state index < -0.39 is 5.60 Å². The van der Waals surface area contributed by atoms with E-state index in [0.29, 0.717) is 24.3 Å². The van der Waals surface area contributed by atoms with Crippen LogP contribution in [0.25, 0.3) is 0 Å². The van der Waals surface area contributed by atoms with Crippen molar-refractivity contribution in [3.8, 4) is 11.9 Å².